The highest BCUT2D eigenvalue weighted by molar-refractivity contribution is 5.89. The van der Waals surface area contributed by atoms with Gasteiger partial charge in [0.15, 0.2) is 0 Å². The molecule has 1 heterocycles. The maximum absolute atomic E-state index is 11.7. The van der Waals surface area contributed by atoms with E-state index in [2.05, 4.69) is 9.72 Å². The summed E-state index contributed by atoms with van der Waals surface area (Å²) in [7, 11) is 0. The number of pyridine rings is 1. The molecule has 1 aromatic heterocycles. The van der Waals surface area contributed by atoms with Gasteiger partial charge >= 0.3 is 5.97 Å². The summed E-state index contributed by atoms with van der Waals surface area (Å²) in [5.41, 5.74) is 1.22. The fraction of sp³-hybridized carbons (Fsp3) is 0.0714. The summed E-state index contributed by atoms with van der Waals surface area (Å²) < 4.78 is 9.64. The van der Waals surface area contributed by atoms with E-state index in [-0.39, 0.29) is 12.5 Å². The second-order valence-corrected chi connectivity index (χ2v) is 3.64. The molecule has 94 valence electrons. The molecule has 2 aromatic rings. The first-order valence-electron chi connectivity index (χ1n) is 5.52. The van der Waals surface area contributed by atoms with E-state index < -0.39 is 5.97 Å². The van der Waals surface area contributed by atoms with Crippen LogP contribution in [0.5, 0.6) is 5.88 Å². The van der Waals surface area contributed by atoms with Crippen LogP contribution in [0.15, 0.2) is 48.7 Å². The van der Waals surface area contributed by atoms with E-state index in [0.717, 1.165) is 5.56 Å². The number of ether oxygens (including phenoxy) is 2. The maximum Gasteiger partial charge on any atom is 0.340 e. The van der Waals surface area contributed by atoms with Crippen LogP contribution >= 0.6 is 0 Å². The summed E-state index contributed by atoms with van der Waals surface area (Å²) in [6.45, 7) is 0.204. The smallest absolute Gasteiger partial charge is 0.340 e. The fourth-order valence-electron chi connectivity index (χ4n) is 1.41. The van der Waals surface area contributed by atoms with Gasteiger partial charge in [-0.2, -0.15) is 0 Å². The highest BCUT2D eigenvalue weighted by Crippen LogP contribution is 2.09. The van der Waals surface area contributed by atoms with Gasteiger partial charge in [-0.3, -0.25) is 0 Å². The molecule has 0 saturated carbocycles. The lowest BCUT2D eigenvalue weighted by Gasteiger charge is -2.04. The molecule has 0 amide bonds. The topological polar surface area (TPSA) is 72.2 Å². The predicted octanol–water partition coefficient (Wildman–Crippen LogP) is 2.30. The molecule has 5 heteroatoms. The molecule has 0 aliphatic carbocycles. The molecule has 2 rings (SSSR count). The lowest BCUT2D eigenvalue weighted by Crippen LogP contribution is -2.05. The van der Waals surface area contributed by atoms with E-state index in [9.17, 15) is 4.79 Å². The Labute approximate surface area is 110 Å². The summed E-state index contributed by atoms with van der Waals surface area (Å²) in [6.07, 6.45) is 2.81. The molecular weight excluding hydrogens is 244 g/mol. The summed E-state index contributed by atoms with van der Waals surface area (Å²) in [5, 5.41) is 8.30. The summed E-state index contributed by atoms with van der Waals surface area (Å²) in [4.78, 5) is 15.5. The van der Waals surface area contributed by atoms with Crippen molar-refractivity contribution in [3.8, 4) is 12.1 Å². The van der Waals surface area contributed by atoms with Crippen LogP contribution in [0, 0.1) is 11.5 Å². The van der Waals surface area contributed by atoms with Crippen LogP contribution in [-0.2, 0) is 11.3 Å². The Bertz CT molecular complexity index is 588. The zero-order chi connectivity index (χ0) is 13.5. The molecule has 0 bridgehead atoms. The van der Waals surface area contributed by atoms with Crippen molar-refractivity contribution in [2.45, 2.75) is 6.61 Å². The van der Waals surface area contributed by atoms with Crippen LogP contribution in [0.2, 0.25) is 0 Å². The van der Waals surface area contributed by atoms with Gasteiger partial charge in [0.2, 0.25) is 5.88 Å². The third kappa shape index (κ3) is 3.54. The molecule has 0 N–H and O–H groups in total. The van der Waals surface area contributed by atoms with Gasteiger partial charge in [-0.05, 0) is 11.6 Å². The van der Waals surface area contributed by atoms with Crippen molar-refractivity contribution in [3.05, 3.63) is 59.8 Å². The van der Waals surface area contributed by atoms with Crippen molar-refractivity contribution >= 4 is 5.97 Å². The van der Waals surface area contributed by atoms with E-state index in [4.69, 9.17) is 10.00 Å². The molecule has 0 aliphatic heterocycles. The monoisotopic (exact) mass is 254 g/mol. The molecule has 0 atom stereocenters. The second-order valence-electron chi connectivity index (χ2n) is 3.64. The number of hydrogen-bond acceptors (Lipinski definition) is 5. The van der Waals surface area contributed by atoms with Crippen molar-refractivity contribution in [2.75, 3.05) is 0 Å². The normalized spacial score (nSPS) is 9.42. The largest absolute Gasteiger partial charge is 0.457 e. The predicted molar refractivity (Wildman–Crippen MR) is 66.0 cm³/mol. The minimum Gasteiger partial charge on any atom is -0.457 e. The molecular formula is C14H10N2O3. The van der Waals surface area contributed by atoms with Crippen LogP contribution in [0.4, 0.5) is 0 Å². The zero-order valence-electron chi connectivity index (χ0n) is 9.95. The van der Waals surface area contributed by atoms with Crippen molar-refractivity contribution < 1.29 is 14.3 Å². The first-order chi connectivity index (χ1) is 9.29. The highest BCUT2D eigenvalue weighted by atomic mass is 16.5. The lowest BCUT2D eigenvalue weighted by atomic mass is 10.2. The lowest BCUT2D eigenvalue weighted by molar-refractivity contribution is 0.0472. The van der Waals surface area contributed by atoms with E-state index >= 15 is 0 Å². The van der Waals surface area contributed by atoms with Gasteiger partial charge in [-0.25, -0.2) is 9.78 Å². The molecule has 0 saturated heterocycles. The number of nitriles is 1. The fourth-order valence-corrected chi connectivity index (χ4v) is 1.41. The quantitative estimate of drug-likeness (QED) is 0.618. The minimum absolute atomic E-state index is 0.141. The Morgan fingerprint density at radius 3 is 2.63 bits per heavy atom. The number of nitrogens with zero attached hydrogens (tertiary/aromatic N) is 2. The first-order valence-corrected chi connectivity index (χ1v) is 5.52. The average Bonchev–Trinajstić information content (AvgIpc) is 2.47. The van der Waals surface area contributed by atoms with E-state index in [1.807, 2.05) is 30.3 Å². The Morgan fingerprint density at radius 2 is 2.00 bits per heavy atom. The number of aromatic nitrogens is 1. The zero-order valence-corrected chi connectivity index (χ0v) is 9.95. The number of benzene rings is 1. The van der Waals surface area contributed by atoms with Crippen molar-refractivity contribution in [1.29, 1.82) is 5.26 Å². The second kappa shape index (κ2) is 6.17. The van der Waals surface area contributed by atoms with Crippen LogP contribution in [0.25, 0.3) is 0 Å². The maximum atomic E-state index is 11.7. The molecule has 0 fully saturated rings. The number of esters is 1. The standard InChI is InChI=1S/C14H10N2O3/c15-10-19-13-7-6-12(8-16-13)14(17)18-9-11-4-2-1-3-5-11/h1-8H,9H2. The van der Waals surface area contributed by atoms with Crippen molar-refractivity contribution in [3.63, 3.8) is 0 Å². The minimum atomic E-state index is -0.472. The number of carbonyl (C=O) groups is 1. The van der Waals surface area contributed by atoms with E-state index in [1.165, 1.54) is 24.6 Å². The van der Waals surface area contributed by atoms with Crippen molar-refractivity contribution in [2.24, 2.45) is 0 Å². The Balaban J connectivity index is 1.95. The number of hydrogen-bond donors (Lipinski definition) is 0. The molecule has 5 nitrogen and oxygen atoms in total. The summed E-state index contributed by atoms with van der Waals surface area (Å²) >= 11 is 0. The van der Waals surface area contributed by atoms with Gasteiger partial charge in [-0.1, -0.05) is 30.3 Å². The highest BCUT2D eigenvalue weighted by Gasteiger charge is 2.08. The van der Waals surface area contributed by atoms with Gasteiger partial charge in [0.05, 0.1) is 5.56 Å². The first kappa shape index (κ1) is 12.6. The van der Waals surface area contributed by atoms with Gasteiger partial charge in [0, 0.05) is 12.3 Å². The van der Waals surface area contributed by atoms with E-state index in [0.29, 0.717) is 5.56 Å². The summed E-state index contributed by atoms with van der Waals surface area (Å²) in [6, 6.07) is 12.3. The third-order valence-electron chi connectivity index (χ3n) is 2.34. The number of rotatable bonds is 4. The van der Waals surface area contributed by atoms with Gasteiger partial charge in [-0.15, -0.1) is 5.26 Å². The third-order valence-corrected chi connectivity index (χ3v) is 2.34. The average molecular weight is 254 g/mol. The van der Waals surface area contributed by atoms with Crippen LogP contribution < -0.4 is 4.74 Å². The number of carbonyl (C=O) groups excluding carboxylic acids is 1. The van der Waals surface area contributed by atoms with Gasteiger partial charge < -0.3 is 9.47 Å². The molecule has 0 aliphatic rings. The van der Waals surface area contributed by atoms with Crippen LogP contribution in [-0.4, -0.2) is 11.0 Å². The molecule has 0 radical (unpaired) electrons. The van der Waals surface area contributed by atoms with Crippen LogP contribution in [0.3, 0.4) is 0 Å². The van der Waals surface area contributed by atoms with Crippen molar-refractivity contribution in [1.82, 2.24) is 4.98 Å². The molecule has 1 aromatic carbocycles. The Morgan fingerprint density at radius 1 is 1.21 bits per heavy atom. The molecule has 0 spiro atoms. The molecule has 19 heavy (non-hydrogen) atoms. The van der Waals surface area contributed by atoms with Gasteiger partial charge in [0.1, 0.15) is 6.61 Å². The molecule has 0 unspecified atom stereocenters. The van der Waals surface area contributed by atoms with E-state index in [1.54, 1.807) is 0 Å². The van der Waals surface area contributed by atoms with Crippen LogP contribution in [0.1, 0.15) is 15.9 Å². The van der Waals surface area contributed by atoms with Gasteiger partial charge in [0.25, 0.3) is 6.26 Å². The summed E-state index contributed by atoms with van der Waals surface area (Å²) in [5.74, 6) is -0.332. The Kier molecular flexibility index (Phi) is 4.09. The Hall–Kier alpha value is -2.87. The SMILES string of the molecule is N#COc1ccc(C(=O)OCc2ccccc2)cn1.